The number of hydrogen-bond acceptors (Lipinski definition) is 5. The van der Waals surface area contributed by atoms with Crippen LogP contribution in [0.1, 0.15) is 56.1 Å². The number of nitrogens with zero attached hydrogens (tertiary/aromatic N) is 3. The standard InChI is InChI=1S/C16H25N3OS/c1-16(2,3)19(4)9-6-10-21-15-17-11-12-13(18-15)7-5-8-14(12)20/h11H,5-10H2,1-4H3. The molecule has 0 atom stereocenters. The fourth-order valence-corrected chi connectivity index (χ4v) is 3.00. The maximum absolute atomic E-state index is 11.7. The Hall–Kier alpha value is -0.940. The molecule has 4 nitrogen and oxygen atoms in total. The van der Waals surface area contributed by atoms with Crippen molar-refractivity contribution in [3.8, 4) is 0 Å². The molecule has 0 aliphatic heterocycles. The second kappa shape index (κ2) is 6.88. The third-order valence-electron chi connectivity index (χ3n) is 3.98. The highest BCUT2D eigenvalue weighted by molar-refractivity contribution is 7.99. The van der Waals surface area contributed by atoms with Gasteiger partial charge >= 0.3 is 0 Å². The molecule has 1 heterocycles. The van der Waals surface area contributed by atoms with Gasteiger partial charge in [-0.05, 0) is 53.6 Å². The molecule has 116 valence electrons. The third-order valence-corrected chi connectivity index (χ3v) is 4.93. The minimum absolute atomic E-state index is 0.194. The number of aryl methyl sites for hydroxylation is 1. The fourth-order valence-electron chi connectivity index (χ4n) is 2.24. The highest BCUT2D eigenvalue weighted by atomic mass is 32.2. The van der Waals surface area contributed by atoms with Gasteiger partial charge in [-0.3, -0.25) is 4.79 Å². The van der Waals surface area contributed by atoms with E-state index in [-0.39, 0.29) is 11.3 Å². The van der Waals surface area contributed by atoms with Crippen LogP contribution in [0.25, 0.3) is 0 Å². The molecule has 0 aromatic carbocycles. The number of thioether (sulfide) groups is 1. The Kier molecular flexibility index (Phi) is 5.38. The van der Waals surface area contributed by atoms with E-state index in [9.17, 15) is 4.79 Å². The molecule has 0 fully saturated rings. The van der Waals surface area contributed by atoms with Crippen molar-refractivity contribution < 1.29 is 4.79 Å². The number of carbonyl (C=O) groups is 1. The van der Waals surface area contributed by atoms with Gasteiger partial charge in [0.05, 0.1) is 11.3 Å². The summed E-state index contributed by atoms with van der Waals surface area (Å²) in [7, 11) is 2.16. The molecule has 1 aromatic heterocycles. The highest BCUT2D eigenvalue weighted by Crippen LogP contribution is 2.22. The highest BCUT2D eigenvalue weighted by Gasteiger charge is 2.19. The lowest BCUT2D eigenvalue weighted by molar-refractivity contribution is 0.0970. The first-order valence-electron chi connectivity index (χ1n) is 7.61. The van der Waals surface area contributed by atoms with Gasteiger partial charge in [-0.2, -0.15) is 0 Å². The lowest BCUT2D eigenvalue weighted by Gasteiger charge is -2.31. The zero-order valence-corrected chi connectivity index (χ0v) is 14.3. The molecule has 5 heteroatoms. The molecule has 1 aromatic rings. The minimum Gasteiger partial charge on any atom is -0.301 e. The number of aromatic nitrogens is 2. The molecule has 0 N–H and O–H groups in total. The van der Waals surface area contributed by atoms with Crippen LogP contribution in [0.15, 0.2) is 11.4 Å². The average Bonchev–Trinajstić information content (AvgIpc) is 2.42. The van der Waals surface area contributed by atoms with Crippen molar-refractivity contribution in [2.24, 2.45) is 0 Å². The average molecular weight is 307 g/mol. The van der Waals surface area contributed by atoms with Crippen molar-refractivity contribution in [3.05, 3.63) is 17.5 Å². The Morgan fingerprint density at radius 3 is 2.81 bits per heavy atom. The zero-order valence-electron chi connectivity index (χ0n) is 13.5. The van der Waals surface area contributed by atoms with Gasteiger partial charge in [-0.1, -0.05) is 11.8 Å². The van der Waals surface area contributed by atoms with Gasteiger partial charge < -0.3 is 4.90 Å². The summed E-state index contributed by atoms with van der Waals surface area (Å²) in [5, 5.41) is 0.807. The molecule has 2 rings (SSSR count). The van der Waals surface area contributed by atoms with Crippen LogP contribution in [0.5, 0.6) is 0 Å². The molecular weight excluding hydrogens is 282 g/mol. The van der Waals surface area contributed by atoms with Crippen LogP contribution in [0, 0.1) is 0 Å². The van der Waals surface area contributed by atoms with Crippen molar-refractivity contribution in [1.29, 1.82) is 0 Å². The Morgan fingerprint density at radius 1 is 1.33 bits per heavy atom. The second-order valence-corrected chi connectivity index (χ2v) is 7.65. The van der Waals surface area contributed by atoms with Crippen molar-refractivity contribution in [3.63, 3.8) is 0 Å². The predicted molar refractivity (Wildman–Crippen MR) is 87.0 cm³/mol. The Bertz CT molecular complexity index is 511. The molecular formula is C16H25N3OS. The lowest BCUT2D eigenvalue weighted by Crippen LogP contribution is -2.38. The monoisotopic (exact) mass is 307 g/mol. The molecule has 0 radical (unpaired) electrons. The zero-order chi connectivity index (χ0) is 15.5. The molecule has 1 aliphatic rings. The van der Waals surface area contributed by atoms with E-state index in [4.69, 9.17) is 0 Å². The molecule has 0 amide bonds. The molecule has 0 saturated carbocycles. The third kappa shape index (κ3) is 4.51. The van der Waals surface area contributed by atoms with E-state index in [1.807, 2.05) is 0 Å². The van der Waals surface area contributed by atoms with Crippen molar-refractivity contribution in [2.45, 2.75) is 57.1 Å². The van der Waals surface area contributed by atoms with E-state index < -0.39 is 0 Å². The van der Waals surface area contributed by atoms with E-state index in [0.29, 0.717) is 6.42 Å². The SMILES string of the molecule is CN(CCCSc1ncc2c(n1)CCCC2=O)C(C)(C)C. The van der Waals surface area contributed by atoms with E-state index >= 15 is 0 Å². The molecule has 0 saturated heterocycles. The Morgan fingerprint density at radius 2 is 2.10 bits per heavy atom. The van der Waals surface area contributed by atoms with Gasteiger partial charge in [-0.15, -0.1) is 0 Å². The first kappa shape index (κ1) is 16.4. The summed E-state index contributed by atoms with van der Waals surface area (Å²) in [5.41, 5.74) is 1.89. The number of Topliss-reactive ketones (excluding diaryl/α,β-unsaturated/α-hetero) is 1. The van der Waals surface area contributed by atoms with Crippen molar-refractivity contribution in [2.75, 3.05) is 19.3 Å². The summed E-state index contributed by atoms with van der Waals surface area (Å²) in [5.74, 6) is 1.20. The first-order valence-corrected chi connectivity index (χ1v) is 8.59. The largest absolute Gasteiger partial charge is 0.301 e. The van der Waals surface area contributed by atoms with Gasteiger partial charge in [0, 0.05) is 23.9 Å². The molecule has 0 bridgehead atoms. The van der Waals surface area contributed by atoms with Crippen LogP contribution in [0.4, 0.5) is 0 Å². The van der Waals surface area contributed by atoms with Crippen LogP contribution in [-0.2, 0) is 6.42 Å². The van der Waals surface area contributed by atoms with E-state index in [0.717, 1.165) is 48.0 Å². The quantitative estimate of drug-likeness (QED) is 0.475. The number of fused-ring (bicyclic) bond motifs is 1. The second-order valence-electron chi connectivity index (χ2n) is 6.58. The summed E-state index contributed by atoms with van der Waals surface area (Å²) in [6.45, 7) is 7.75. The lowest BCUT2D eigenvalue weighted by atomic mass is 9.96. The fraction of sp³-hybridized carbons (Fsp3) is 0.688. The summed E-state index contributed by atoms with van der Waals surface area (Å²) >= 11 is 1.69. The van der Waals surface area contributed by atoms with Gasteiger partial charge in [0.15, 0.2) is 10.9 Å². The summed E-state index contributed by atoms with van der Waals surface area (Å²) in [6.07, 6.45) is 5.29. The first-order chi connectivity index (χ1) is 9.88. The number of ketones is 1. The maximum atomic E-state index is 11.7. The summed E-state index contributed by atoms with van der Waals surface area (Å²) in [6, 6.07) is 0. The van der Waals surface area contributed by atoms with Crippen LogP contribution < -0.4 is 0 Å². The van der Waals surface area contributed by atoms with Crippen LogP contribution >= 0.6 is 11.8 Å². The van der Waals surface area contributed by atoms with E-state index in [1.165, 1.54) is 0 Å². The van der Waals surface area contributed by atoms with Gasteiger partial charge in [0.1, 0.15) is 0 Å². The van der Waals surface area contributed by atoms with Crippen molar-refractivity contribution >= 4 is 17.5 Å². The number of rotatable bonds is 5. The van der Waals surface area contributed by atoms with E-state index in [2.05, 4.69) is 42.7 Å². The van der Waals surface area contributed by atoms with Gasteiger partial charge in [0.2, 0.25) is 0 Å². The summed E-state index contributed by atoms with van der Waals surface area (Å²) < 4.78 is 0. The smallest absolute Gasteiger partial charge is 0.187 e. The van der Waals surface area contributed by atoms with Crippen LogP contribution in [-0.4, -0.2) is 45.5 Å². The molecule has 21 heavy (non-hydrogen) atoms. The van der Waals surface area contributed by atoms with E-state index in [1.54, 1.807) is 18.0 Å². The normalized spacial score (nSPS) is 15.4. The van der Waals surface area contributed by atoms with Gasteiger partial charge in [0.25, 0.3) is 0 Å². The molecule has 1 aliphatic carbocycles. The summed E-state index contributed by atoms with van der Waals surface area (Å²) in [4.78, 5) is 23.0. The van der Waals surface area contributed by atoms with Crippen molar-refractivity contribution in [1.82, 2.24) is 14.9 Å². The van der Waals surface area contributed by atoms with Crippen LogP contribution in [0.2, 0.25) is 0 Å². The molecule has 0 unspecified atom stereocenters. The van der Waals surface area contributed by atoms with Crippen LogP contribution in [0.3, 0.4) is 0 Å². The Labute approximate surface area is 131 Å². The number of hydrogen-bond donors (Lipinski definition) is 0. The topological polar surface area (TPSA) is 46.1 Å². The number of carbonyl (C=O) groups excluding carboxylic acids is 1. The minimum atomic E-state index is 0.194. The predicted octanol–water partition coefficient (Wildman–Crippen LogP) is 3.21. The Balaban J connectivity index is 1.83. The molecule has 0 spiro atoms. The van der Waals surface area contributed by atoms with Gasteiger partial charge in [-0.25, -0.2) is 9.97 Å². The maximum Gasteiger partial charge on any atom is 0.187 e.